The minimum absolute atomic E-state index is 0. The van der Waals surface area contributed by atoms with E-state index in [9.17, 15) is 0 Å². The van der Waals surface area contributed by atoms with Gasteiger partial charge in [-0.25, -0.2) is 0 Å². The lowest BCUT2D eigenvalue weighted by Gasteiger charge is -1.82. The molecular weight excluding hydrogens is 133 g/mol. The highest BCUT2D eigenvalue weighted by Crippen LogP contribution is 1.93. The highest BCUT2D eigenvalue weighted by atomic mass is 35.5. The van der Waals surface area contributed by atoms with Crippen LogP contribution < -0.4 is 5.73 Å². The summed E-state index contributed by atoms with van der Waals surface area (Å²) in [5.41, 5.74) is 5.08. The molecular formula is C4H9Cl2N. The van der Waals surface area contributed by atoms with E-state index in [0.29, 0.717) is 6.54 Å². The number of halogens is 2. The first-order chi connectivity index (χ1) is 2.81. The van der Waals surface area contributed by atoms with Crippen LogP contribution in [-0.4, -0.2) is 6.54 Å². The summed E-state index contributed by atoms with van der Waals surface area (Å²) < 4.78 is 0. The number of rotatable bonds is 1. The average molecular weight is 142 g/mol. The lowest BCUT2D eigenvalue weighted by Crippen LogP contribution is -1.96. The van der Waals surface area contributed by atoms with Crippen molar-refractivity contribution in [3.63, 3.8) is 0 Å². The van der Waals surface area contributed by atoms with E-state index in [1.165, 1.54) is 0 Å². The van der Waals surface area contributed by atoms with E-state index in [-0.39, 0.29) is 12.4 Å². The summed E-state index contributed by atoms with van der Waals surface area (Å²) in [6, 6.07) is 0. The van der Waals surface area contributed by atoms with Gasteiger partial charge < -0.3 is 5.73 Å². The smallest absolute Gasteiger partial charge is 0.0284 e. The number of nitrogens with two attached hydrogens (primary N) is 1. The van der Waals surface area contributed by atoms with Crippen LogP contribution in [0.15, 0.2) is 11.1 Å². The fraction of sp³-hybridized carbons (Fsp3) is 0.500. The molecule has 0 aliphatic rings. The molecule has 0 amide bonds. The van der Waals surface area contributed by atoms with E-state index in [1.807, 2.05) is 6.92 Å². The minimum atomic E-state index is 0. The third kappa shape index (κ3) is 6.28. The van der Waals surface area contributed by atoms with Crippen LogP contribution >= 0.6 is 24.0 Å². The summed E-state index contributed by atoms with van der Waals surface area (Å²) >= 11 is 5.39. The molecule has 0 rings (SSSR count). The Morgan fingerprint density at radius 3 is 2.29 bits per heavy atom. The second kappa shape index (κ2) is 6.28. The van der Waals surface area contributed by atoms with Crippen LogP contribution in [0.5, 0.6) is 0 Å². The summed E-state index contributed by atoms with van der Waals surface area (Å²) in [4.78, 5) is 0. The van der Waals surface area contributed by atoms with Gasteiger partial charge in [-0.15, -0.1) is 12.4 Å². The van der Waals surface area contributed by atoms with E-state index < -0.39 is 0 Å². The monoisotopic (exact) mass is 141 g/mol. The highest BCUT2D eigenvalue weighted by molar-refractivity contribution is 6.29. The Labute approximate surface area is 54.9 Å². The van der Waals surface area contributed by atoms with Crippen LogP contribution in [0.3, 0.4) is 0 Å². The van der Waals surface area contributed by atoms with Gasteiger partial charge in [0.1, 0.15) is 0 Å². The zero-order chi connectivity index (χ0) is 4.99. The van der Waals surface area contributed by atoms with Crippen molar-refractivity contribution in [1.29, 1.82) is 0 Å². The molecule has 0 bridgehead atoms. The Bertz CT molecular complexity index is 60.7. The zero-order valence-electron chi connectivity index (χ0n) is 4.15. The maximum absolute atomic E-state index is 5.39. The summed E-state index contributed by atoms with van der Waals surface area (Å²) in [6.45, 7) is 2.31. The average Bonchev–Trinajstić information content (AvgIpc) is 1.65. The van der Waals surface area contributed by atoms with Crippen molar-refractivity contribution in [2.75, 3.05) is 6.54 Å². The maximum Gasteiger partial charge on any atom is 0.0284 e. The van der Waals surface area contributed by atoms with Gasteiger partial charge >= 0.3 is 0 Å². The molecule has 7 heavy (non-hydrogen) atoms. The van der Waals surface area contributed by atoms with E-state index in [2.05, 4.69) is 0 Å². The topological polar surface area (TPSA) is 26.0 Å². The van der Waals surface area contributed by atoms with Crippen LogP contribution in [0.1, 0.15) is 6.92 Å². The van der Waals surface area contributed by atoms with Crippen LogP contribution in [0.25, 0.3) is 0 Å². The van der Waals surface area contributed by atoms with Crippen molar-refractivity contribution in [3.05, 3.63) is 11.1 Å². The fourth-order valence-corrected chi connectivity index (χ4v) is 0.118. The van der Waals surface area contributed by atoms with Gasteiger partial charge in [-0.05, 0) is 6.92 Å². The number of allylic oxidation sites excluding steroid dienone is 1. The Morgan fingerprint density at radius 2 is 2.29 bits per heavy atom. The van der Waals surface area contributed by atoms with Crippen molar-refractivity contribution in [1.82, 2.24) is 0 Å². The molecule has 44 valence electrons. The standard InChI is InChI=1S/C4H8ClN.ClH/c1-2-4(5)3-6;/h2H,3,6H2,1H3;1H. The van der Waals surface area contributed by atoms with E-state index in [0.717, 1.165) is 5.03 Å². The Kier molecular flexibility index (Phi) is 9.24. The van der Waals surface area contributed by atoms with E-state index in [1.54, 1.807) is 6.08 Å². The first-order valence-corrected chi connectivity index (χ1v) is 2.19. The zero-order valence-corrected chi connectivity index (χ0v) is 5.72. The molecule has 0 radical (unpaired) electrons. The minimum Gasteiger partial charge on any atom is -0.326 e. The van der Waals surface area contributed by atoms with Gasteiger partial charge in [0.15, 0.2) is 0 Å². The molecule has 0 saturated carbocycles. The van der Waals surface area contributed by atoms with Crippen molar-refractivity contribution >= 4 is 24.0 Å². The third-order valence-electron chi connectivity index (χ3n) is 0.508. The van der Waals surface area contributed by atoms with Crippen molar-refractivity contribution < 1.29 is 0 Å². The van der Waals surface area contributed by atoms with Gasteiger partial charge in [-0.2, -0.15) is 0 Å². The Hall–Kier alpha value is 0.280. The molecule has 0 unspecified atom stereocenters. The van der Waals surface area contributed by atoms with Gasteiger partial charge in [0.05, 0.1) is 0 Å². The molecule has 0 aromatic heterocycles. The fourth-order valence-electron chi connectivity index (χ4n) is 0.118. The molecule has 2 N–H and O–H groups in total. The molecule has 1 nitrogen and oxygen atoms in total. The van der Waals surface area contributed by atoms with E-state index in [4.69, 9.17) is 17.3 Å². The van der Waals surface area contributed by atoms with Gasteiger partial charge in [0, 0.05) is 11.6 Å². The third-order valence-corrected chi connectivity index (χ3v) is 0.881. The predicted octanol–water partition coefficient (Wildman–Crippen LogP) is 1.51. The van der Waals surface area contributed by atoms with Crippen molar-refractivity contribution in [3.8, 4) is 0 Å². The SMILES string of the molecule is CC=C(Cl)CN.Cl. The molecule has 0 spiro atoms. The Morgan fingerprint density at radius 1 is 1.86 bits per heavy atom. The molecule has 0 heterocycles. The lowest BCUT2D eigenvalue weighted by molar-refractivity contribution is 1.22. The molecule has 3 heteroatoms. The van der Waals surface area contributed by atoms with Crippen LogP contribution in [-0.2, 0) is 0 Å². The Balaban J connectivity index is 0. The first-order valence-electron chi connectivity index (χ1n) is 1.82. The molecule has 0 fully saturated rings. The quantitative estimate of drug-likeness (QED) is 0.589. The number of hydrogen-bond acceptors (Lipinski definition) is 1. The normalized spacial score (nSPS) is 10.4. The highest BCUT2D eigenvalue weighted by Gasteiger charge is 1.76. The molecule has 0 aromatic carbocycles. The lowest BCUT2D eigenvalue weighted by atomic mass is 10.5. The van der Waals surface area contributed by atoms with Gasteiger partial charge in [0.25, 0.3) is 0 Å². The van der Waals surface area contributed by atoms with Crippen LogP contribution in [0, 0.1) is 0 Å². The van der Waals surface area contributed by atoms with E-state index >= 15 is 0 Å². The molecule has 0 atom stereocenters. The summed E-state index contributed by atoms with van der Waals surface area (Å²) in [5, 5.41) is 0.718. The summed E-state index contributed by atoms with van der Waals surface area (Å²) in [7, 11) is 0. The van der Waals surface area contributed by atoms with Crippen LogP contribution in [0.2, 0.25) is 0 Å². The molecule has 0 aromatic rings. The predicted molar refractivity (Wildman–Crippen MR) is 35.9 cm³/mol. The van der Waals surface area contributed by atoms with Gasteiger partial charge in [0.2, 0.25) is 0 Å². The molecule has 0 aliphatic heterocycles. The van der Waals surface area contributed by atoms with Crippen molar-refractivity contribution in [2.24, 2.45) is 5.73 Å². The van der Waals surface area contributed by atoms with Gasteiger partial charge in [-0.3, -0.25) is 0 Å². The maximum atomic E-state index is 5.39. The molecule has 0 saturated heterocycles. The van der Waals surface area contributed by atoms with Gasteiger partial charge in [-0.1, -0.05) is 17.7 Å². The van der Waals surface area contributed by atoms with Crippen molar-refractivity contribution in [2.45, 2.75) is 6.92 Å². The first kappa shape index (κ1) is 10.3. The van der Waals surface area contributed by atoms with Crippen LogP contribution in [0.4, 0.5) is 0 Å². The number of hydrogen-bond donors (Lipinski definition) is 1. The largest absolute Gasteiger partial charge is 0.326 e. The molecule has 0 aliphatic carbocycles. The summed E-state index contributed by atoms with van der Waals surface area (Å²) in [5.74, 6) is 0. The second-order valence-corrected chi connectivity index (χ2v) is 1.43. The summed E-state index contributed by atoms with van der Waals surface area (Å²) in [6.07, 6.45) is 1.78. The second-order valence-electron chi connectivity index (χ2n) is 0.940.